The molecule has 0 aliphatic carbocycles. The topological polar surface area (TPSA) is 0 Å². The minimum Gasteiger partial charge on any atom is -0.126 e. The predicted octanol–water partition coefficient (Wildman–Crippen LogP) is 5.06. The van der Waals surface area contributed by atoms with Crippen molar-refractivity contribution in [1.29, 1.82) is 0 Å². The fourth-order valence-electron chi connectivity index (χ4n) is 1.81. The molecule has 1 aromatic rings. The summed E-state index contributed by atoms with van der Waals surface area (Å²) in [7, 11) is 0. The van der Waals surface area contributed by atoms with E-state index in [-0.39, 0.29) is 10.8 Å². The Kier molecular flexibility index (Phi) is 4.30. The molecule has 0 radical (unpaired) electrons. The van der Waals surface area contributed by atoms with E-state index in [1.807, 2.05) is 0 Å². The largest absolute Gasteiger partial charge is 0.126 e. The molecule has 0 bridgehead atoms. The zero-order valence-corrected chi connectivity index (χ0v) is 12.8. The maximum Gasteiger partial charge on any atom is 0.0263 e. The third-order valence-corrected chi connectivity index (χ3v) is 3.30. The summed E-state index contributed by atoms with van der Waals surface area (Å²) < 4.78 is 0. The van der Waals surface area contributed by atoms with Crippen LogP contribution in [0.4, 0.5) is 0 Å². The van der Waals surface area contributed by atoms with E-state index in [1.54, 1.807) is 0 Å². The van der Waals surface area contributed by atoms with Gasteiger partial charge in [0.25, 0.3) is 0 Å². The van der Waals surface area contributed by atoms with Crippen LogP contribution >= 0.6 is 11.6 Å². The first-order valence-electron chi connectivity index (χ1n) is 6.35. The van der Waals surface area contributed by atoms with Gasteiger partial charge >= 0.3 is 0 Å². The van der Waals surface area contributed by atoms with Crippen molar-refractivity contribution in [2.75, 3.05) is 5.88 Å². The van der Waals surface area contributed by atoms with Crippen LogP contribution in [-0.4, -0.2) is 5.88 Å². The summed E-state index contributed by atoms with van der Waals surface area (Å²) in [5.41, 5.74) is 4.57. The van der Waals surface area contributed by atoms with Gasteiger partial charge in [-0.3, -0.25) is 0 Å². The van der Waals surface area contributed by atoms with Gasteiger partial charge in [0.2, 0.25) is 0 Å². The Hall–Kier alpha value is -0.490. The van der Waals surface area contributed by atoms with Gasteiger partial charge in [0, 0.05) is 5.88 Å². The highest BCUT2D eigenvalue weighted by molar-refractivity contribution is 6.17. The minimum atomic E-state index is 0.197. The van der Waals surface area contributed by atoms with Gasteiger partial charge in [-0.05, 0) is 33.9 Å². The standard InChI is InChI=1S/C16H25Cl/c1-15(2,3)13-9-12(7-8-17)10-14(11-13)16(4,5)6/h9-11H,7-8H2,1-6H3. The molecule has 17 heavy (non-hydrogen) atoms. The lowest BCUT2D eigenvalue weighted by atomic mass is 9.79. The van der Waals surface area contributed by atoms with Gasteiger partial charge in [-0.2, -0.15) is 0 Å². The van der Waals surface area contributed by atoms with Crippen LogP contribution in [0.1, 0.15) is 58.2 Å². The van der Waals surface area contributed by atoms with Gasteiger partial charge in [0.05, 0.1) is 0 Å². The molecular weight excluding hydrogens is 228 g/mol. The molecule has 0 aliphatic heterocycles. The molecule has 0 spiro atoms. The quantitative estimate of drug-likeness (QED) is 0.645. The van der Waals surface area contributed by atoms with Crippen molar-refractivity contribution in [2.24, 2.45) is 0 Å². The zero-order valence-electron chi connectivity index (χ0n) is 12.0. The molecule has 0 N–H and O–H groups in total. The molecule has 0 atom stereocenters. The zero-order chi connectivity index (χ0) is 13.3. The van der Waals surface area contributed by atoms with Crippen LogP contribution in [0, 0.1) is 0 Å². The van der Waals surface area contributed by atoms with Crippen molar-refractivity contribution < 1.29 is 0 Å². The minimum absolute atomic E-state index is 0.197. The average molecular weight is 253 g/mol. The molecule has 0 aliphatic rings. The number of hydrogen-bond donors (Lipinski definition) is 0. The molecule has 0 amide bonds. The molecule has 0 saturated heterocycles. The number of benzene rings is 1. The molecule has 0 nitrogen and oxygen atoms in total. The van der Waals surface area contributed by atoms with Crippen molar-refractivity contribution in [3.8, 4) is 0 Å². The fourth-order valence-corrected chi connectivity index (χ4v) is 2.03. The summed E-state index contributed by atoms with van der Waals surface area (Å²) in [5.74, 6) is 0.692. The van der Waals surface area contributed by atoms with Crippen LogP contribution in [0.2, 0.25) is 0 Å². The van der Waals surface area contributed by atoms with Crippen molar-refractivity contribution in [1.82, 2.24) is 0 Å². The number of alkyl halides is 1. The molecule has 0 unspecified atom stereocenters. The van der Waals surface area contributed by atoms with Crippen LogP contribution in [0.5, 0.6) is 0 Å². The van der Waals surface area contributed by atoms with Gasteiger partial charge in [0.1, 0.15) is 0 Å². The van der Waals surface area contributed by atoms with E-state index in [0.717, 1.165) is 6.42 Å². The Morgan fingerprint density at radius 1 is 0.824 bits per heavy atom. The Bertz CT molecular complexity index is 345. The Labute approximate surface area is 111 Å². The van der Waals surface area contributed by atoms with Crippen molar-refractivity contribution >= 4 is 11.6 Å². The molecule has 96 valence electrons. The second kappa shape index (κ2) is 5.02. The first-order chi connectivity index (χ1) is 7.64. The molecule has 0 aromatic heterocycles. The van der Waals surface area contributed by atoms with Gasteiger partial charge in [-0.25, -0.2) is 0 Å². The lowest BCUT2D eigenvalue weighted by Gasteiger charge is -2.26. The number of halogens is 1. The van der Waals surface area contributed by atoms with Crippen molar-refractivity contribution in [3.05, 3.63) is 34.9 Å². The molecular formula is C16H25Cl. The molecule has 0 saturated carbocycles. The summed E-state index contributed by atoms with van der Waals surface area (Å²) in [6.45, 7) is 13.6. The third-order valence-electron chi connectivity index (χ3n) is 3.11. The molecule has 0 fully saturated rings. The monoisotopic (exact) mass is 252 g/mol. The highest BCUT2D eigenvalue weighted by Gasteiger charge is 2.20. The van der Waals surface area contributed by atoms with E-state index in [2.05, 4.69) is 59.7 Å². The summed E-state index contributed by atoms with van der Waals surface area (Å²) in [6.07, 6.45) is 0.953. The fraction of sp³-hybridized carbons (Fsp3) is 0.625. The third kappa shape index (κ3) is 4.03. The highest BCUT2D eigenvalue weighted by Crippen LogP contribution is 2.30. The Morgan fingerprint density at radius 2 is 1.24 bits per heavy atom. The van der Waals surface area contributed by atoms with Gasteiger partial charge in [-0.1, -0.05) is 59.7 Å². The van der Waals surface area contributed by atoms with E-state index in [0.29, 0.717) is 5.88 Å². The lowest BCUT2D eigenvalue weighted by Crippen LogP contribution is -2.17. The molecule has 1 heteroatoms. The van der Waals surface area contributed by atoms with Crippen molar-refractivity contribution in [3.63, 3.8) is 0 Å². The van der Waals surface area contributed by atoms with E-state index < -0.39 is 0 Å². The summed E-state index contributed by atoms with van der Waals surface area (Å²) in [4.78, 5) is 0. The molecule has 0 heterocycles. The van der Waals surface area contributed by atoms with E-state index in [1.165, 1.54) is 16.7 Å². The highest BCUT2D eigenvalue weighted by atomic mass is 35.5. The van der Waals surface area contributed by atoms with Crippen LogP contribution in [0.15, 0.2) is 18.2 Å². The van der Waals surface area contributed by atoms with Crippen LogP contribution in [0.25, 0.3) is 0 Å². The smallest absolute Gasteiger partial charge is 0.0263 e. The maximum atomic E-state index is 5.87. The first-order valence-corrected chi connectivity index (χ1v) is 6.89. The van der Waals surface area contributed by atoms with Gasteiger partial charge in [0.15, 0.2) is 0 Å². The normalized spacial score (nSPS) is 12.9. The number of rotatable bonds is 2. The Morgan fingerprint density at radius 3 is 1.53 bits per heavy atom. The van der Waals surface area contributed by atoms with E-state index in [4.69, 9.17) is 11.6 Å². The number of aryl methyl sites for hydroxylation is 1. The predicted molar refractivity (Wildman–Crippen MR) is 78.3 cm³/mol. The van der Waals surface area contributed by atoms with Gasteiger partial charge in [-0.15, -0.1) is 11.6 Å². The van der Waals surface area contributed by atoms with Crippen LogP contribution in [0.3, 0.4) is 0 Å². The molecule has 1 aromatic carbocycles. The second-order valence-corrected chi connectivity index (χ2v) is 7.24. The van der Waals surface area contributed by atoms with Crippen LogP contribution < -0.4 is 0 Å². The Balaban J connectivity index is 3.29. The molecule has 1 rings (SSSR count). The van der Waals surface area contributed by atoms with Crippen LogP contribution in [-0.2, 0) is 17.3 Å². The van der Waals surface area contributed by atoms with Gasteiger partial charge < -0.3 is 0 Å². The average Bonchev–Trinajstić information content (AvgIpc) is 2.15. The SMILES string of the molecule is CC(C)(C)c1cc(CCCl)cc(C(C)(C)C)c1. The first kappa shape index (κ1) is 14.6. The summed E-state index contributed by atoms with van der Waals surface area (Å²) in [6, 6.07) is 6.95. The van der Waals surface area contributed by atoms with E-state index >= 15 is 0 Å². The number of hydrogen-bond acceptors (Lipinski definition) is 0. The van der Waals surface area contributed by atoms with E-state index in [9.17, 15) is 0 Å². The maximum absolute atomic E-state index is 5.87. The van der Waals surface area contributed by atoms with Crippen molar-refractivity contribution in [2.45, 2.75) is 58.8 Å². The second-order valence-electron chi connectivity index (χ2n) is 6.86. The lowest BCUT2D eigenvalue weighted by molar-refractivity contribution is 0.567. The summed E-state index contributed by atoms with van der Waals surface area (Å²) >= 11 is 5.87. The summed E-state index contributed by atoms with van der Waals surface area (Å²) in [5, 5.41) is 0.